The molecule has 0 aromatic carbocycles. The Morgan fingerprint density at radius 3 is 2.35 bits per heavy atom. The number of rotatable bonds is 10. The maximum Gasteiger partial charge on any atom is 0.308 e. The second-order valence-corrected chi connectivity index (χ2v) is 4.04. The van der Waals surface area contributed by atoms with Crippen molar-refractivity contribution < 1.29 is 24.5 Å². The van der Waals surface area contributed by atoms with Gasteiger partial charge in [-0.3, -0.25) is 9.59 Å². The lowest BCUT2D eigenvalue weighted by Gasteiger charge is -2.11. The van der Waals surface area contributed by atoms with E-state index in [9.17, 15) is 14.7 Å². The molecule has 100 valence electrons. The monoisotopic (exact) mass is 246 g/mol. The Hall–Kier alpha value is -1.10. The molecule has 0 spiro atoms. The highest BCUT2D eigenvalue weighted by Crippen LogP contribution is 2.07. The van der Waals surface area contributed by atoms with Crippen molar-refractivity contribution in [3.05, 3.63) is 0 Å². The summed E-state index contributed by atoms with van der Waals surface area (Å²) < 4.78 is 4.77. The van der Waals surface area contributed by atoms with Crippen LogP contribution in [0.3, 0.4) is 0 Å². The third-order valence-electron chi connectivity index (χ3n) is 2.34. The van der Waals surface area contributed by atoms with Gasteiger partial charge < -0.3 is 14.9 Å². The van der Waals surface area contributed by atoms with Gasteiger partial charge in [-0.1, -0.05) is 19.8 Å². The summed E-state index contributed by atoms with van der Waals surface area (Å²) in [6, 6.07) is 0. The predicted molar refractivity (Wildman–Crippen MR) is 62.3 cm³/mol. The van der Waals surface area contributed by atoms with E-state index < -0.39 is 18.2 Å². The Kier molecular flexibility index (Phi) is 9.43. The van der Waals surface area contributed by atoms with Crippen LogP contribution >= 0.6 is 0 Å². The van der Waals surface area contributed by atoms with E-state index in [0.717, 1.165) is 19.3 Å². The first-order chi connectivity index (χ1) is 8.06. The maximum atomic E-state index is 11.2. The lowest BCUT2D eigenvalue weighted by molar-refractivity contribution is -0.169. The Morgan fingerprint density at radius 2 is 1.76 bits per heavy atom. The van der Waals surface area contributed by atoms with Crippen molar-refractivity contribution in [3.63, 3.8) is 0 Å². The average Bonchev–Trinajstić information content (AvgIpc) is 2.24. The molecule has 0 radical (unpaired) electrons. The lowest BCUT2D eigenvalue weighted by Crippen LogP contribution is -2.17. The van der Waals surface area contributed by atoms with Crippen molar-refractivity contribution in [2.45, 2.75) is 64.6 Å². The van der Waals surface area contributed by atoms with E-state index in [2.05, 4.69) is 6.92 Å². The van der Waals surface area contributed by atoms with Gasteiger partial charge in [-0.2, -0.15) is 0 Å². The van der Waals surface area contributed by atoms with E-state index in [0.29, 0.717) is 19.3 Å². The number of aliphatic hydroxyl groups excluding tert-OH is 1. The van der Waals surface area contributed by atoms with Crippen LogP contribution < -0.4 is 0 Å². The van der Waals surface area contributed by atoms with Crippen molar-refractivity contribution in [2.24, 2.45) is 0 Å². The molecule has 0 amide bonds. The number of ether oxygens (including phenoxy) is 1. The molecular formula is C12H22O5. The van der Waals surface area contributed by atoms with Crippen LogP contribution in [0, 0.1) is 0 Å². The zero-order valence-electron chi connectivity index (χ0n) is 10.4. The van der Waals surface area contributed by atoms with Crippen LogP contribution in [0.2, 0.25) is 0 Å². The third kappa shape index (κ3) is 11.2. The number of carboxylic acids is 1. The predicted octanol–water partition coefficient (Wildman–Crippen LogP) is 2.07. The Morgan fingerprint density at radius 1 is 1.12 bits per heavy atom. The second kappa shape index (κ2) is 10.1. The number of unbranched alkanes of at least 4 members (excludes halogenated alkanes) is 3. The van der Waals surface area contributed by atoms with Crippen molar-refractivity contribution in [1.29, 1.82) is 0 Å². The van der Waals surface area contributed by atoms with Crippen LogP contribution in [-0.2, 0) is 14.3 Å². The summed E-state index contributed by atoms with van der Waals surface area (Å²) in [5.74, 6) is -1.32. The molecule has 1 atom stereocenters. The van der Waals surface area contributed by atoms with Crippen LogP contribution in [-0.4, -0.2) is 28.4 Å². The second-order valence-electron chi connectivity index (χ2n) is 4.04. The van der Waals surface area contributed by atoms with Gasteiger partial charge in [0.1, 0.15) is 0 Å². The normalized spacial score (nSPS) is 12.1. The summed E-state index contributed by atoms with van der Waals surface area (Å²) in [5.41, 5.74) is 0. The maximum absolute atomic E-state index is 11.2. The van der Waals surface area contributed by atoms with E-state index in [1.165, 1.54) is 0 Å². The minimum Gasteiger partial charge on any atom is -0.481 e. The highest BCUT2D eigenvalue weighted by atomic mass is 16.6. The van der Waals surface area contributed by atoms with Crippen LogP contribution in [0.25, 0.3) is 0 Å². The van der Waals surface area contributed by atoms with Crippen LogP contribution in [0.15, 0.2) is 0 Å². The summed E-state index contributed by atoms with van der Waals surface area (Å²) >= 11 is 0. The largest absolute Gasteiger partial charge is 0.481 e. The summed E-state index contributed by atoms with van der Waals surface area (Å²) in [5, 5.41) is 17.7. The molecule has 5 heteroatoms. The SMILES string of the molecule is CCCCCC(O)OC(=O)CCCCC(=O)O. The topological polar surface area (TPSA) is 83.8 Å². The number of hydrogen-bond donors (Lipinski definition) is 2. The van der Waals surface area contributed by atoms with Gasteiger partial charge in [-0.15, -0.1) is 0 Å². The molecule has 0 fully saturated rings. The molecule has 0 bridgehead atoms. The fraction of sp³-hybridized carbons (Fsp3) is 0.833. The number of esters is 1. The average molecular weight is 246 g/mol. The summed E-state index contributed by atoms with van der Waals surface area (Å²) in [4.78, 5) is 21.4. The Bertz CT molecular complexity index is 227. The molecule has 5 nitrogen and oxygen atoms in total. The summed E-state index contributed by atoms with van der Waals surface area (Å²) in [6.45, 7) is 2.06. The Balaban J connectivity index is 3.47. The Labute approximate surface area is 102 Å². The van der Waals surface area contributed by atoms with Crippen molar-refractivity contribution in [2.75, 3.05) is 0 Å². The van der Waals surface area contributed by atoms with Gasteiger partial charge in [0.05, 0.1) is 0 Å². The first kappa shape index (κ1) is 15.9. The number of aliphatic carboxylic acids is 1. The summed E-state index contributed by atoms with van der Waals surface area (Å²) in [7, 11) is 0. The number of carboxylic acid groups (broad SMARTS) is 1. The minimum atomic E-state index is -1.02. The smallest absolute Gasteiger partial charge is 0.308 e. The lowest BCUT2D eigenvalue weighted by atomic mass is 10.2. The molecule has 0 aromatic rings. The number of aliphatic hydroxyl groups is 1. The van der Waals surface area contributed by atoms with Crippen LogP contribution in [0.1, 0.15) is 58.3 Å². The molecule has 2 N–H and O–H groups in total. The number of carbonyl (C=O) groups is 2. The van der Waals surface area contributed by atoms with Crippen molar-refractivity contribution >= 4 is 11.9 Å². The highest BCUT2D eigenvalue weighted by Gasteiger charge is 2.10. The van der Waals surface area contributed by atoms with E-state index in [1.54, 1.807) is 0 Å². The quantitative estimate of drug-likeness (QED) is 0.350. The molecule has 0 aliphatic carbocycles. The van der Waals surface area contributed by atoms with Gasteiger partial charge in [0.2, 0.25) is 6.29 Å². The molecule has 0 rings (SSSR count). The van der Waals surface area contributed by atoms with E-state index in [4.69, 9.17) is 9.84 Å². The fourth-order valence-electron chi connectivity index (χ4n) is 1.38. The van der Waals surface area contributed by atoms with Gasteiger partial charge in [0.15, 0.2) is 0 Å². The minimum absolute atomic E-state index is 0.0618. The number of hydrogen-bond acceptors (Lipinski definition) is 4. The van der Waals surface area contributed by atoms with E-state index in [1.807, 2.05) is 0 Å². The molecule has 17 heavy (non-hydrogen) atoms. The molecule has 0 aromatic heterocycles. The fourth-order valence-corrected chi connectivity index (χ4v) is 1.38. The van der Waals surface area contributed by atoms with E-state index >= 15 is 0 Å². The highest BCUT2D eigenvalue weighted by molar-refractivity contribution is 5.69. The van der Waals surface area contributed by atoms with Gasteiger partial charge in [-0.25, -0.2) is 0 Å². The standard InChI is InChI=1S/C12H22O5/c1-2-3-4-8-11(15)17-12(16)9-6-5-7-10(13)14/h11,15H,2-9H2,1H3,(H,13,14). The van der Waals surface area contributed by atoms with Crippen molar-refractivity contribution in [1.82, 2.24) is 0 Å². The summed E-state index contributed by atoms with van der Waals surface area (Å²) in [6.07, 6.45) is 3.50. The van der Waals surface area contributed by atoms with Gasteiger partial charge in [0.25, 0.3) is 0 Å². The molecular weight excluding hydrogens is 224 g/mol. The molecule has 0 aliphatic rings. The third-order valence-corrected chi connectivity index (χ3v) is 2.34. The van der Waals surface area contributed by atoms with Crippen LogP contribution in [0.4, 0.5) is 0 Å². The zero-order chi connectivity index (χ0) is 13.1. The van der Waals surface area contributed by atoms with E-state index in [-0.39, 0.29) is 12.8 Å². The first-order valence-corrected chi connectivity index (χ1v) is 6.15. The molecule has 0 saturated heterocycles. The zero-order valence-corrected chi connectivity index (χ0v) is 10.4. The first-order valence-electron chi connectivity index (χ1n) is 6.15. The molecule has 0 aliphatic heterocycles. The van der Waals surface area contributed by atoms with Gasteiger partial charge >= 0.3 is 11.9 Å². The van der Waals surface area contributed by atoms with Gasteiger partial charge in [-0.05, 0) is 19.3 Å². The number of carbonyl (C=O) groups excluding carboxylic acids is 1. The van der Waals surface area contributed by atoms with Crippen LogP contribution in [0.5, 0.6) is 0 Å². The molecule has 0 heterocycles. The molecule has 1 unspecified atom stereocenters. The van der Waals surface area contributed by atoms with Crippen molar-refractivity contribution in [3.8, 4) is 0 Å². The van der Waals surface area contributed by atoms with Gasteiger partial charge in [0, 0.05) is 19.3 Å². The molecule has 0 saturated carbocycles.